The summed E-state index contributed by atoms with van der Waals surface area (Å²) < 4.78 is 13.0. The molecule has 8 nitrogen and oxygen atoms in total. The molecule has 0 fully saturated rings. The predicted molar refractivity (Wildman–Crippen MR) is 111 cm³/mol. The molecule has 1 aromatic heterocycles. The fourth-order valence-corrected chi connectivity index (χ4v) is 2.59. The van der Waals surface area contributed by atoms with Crippen molar-refractivity contribution >= 4 is 5.96 Å². The lowest BCUT2D eigenvalue weighted by Gasteiger charge is -2.13. The van der Waals surface area contributed by atoms with E-state index in [-0.39, 0.29) is 0 Å². The van der Waals surface area contributed by atoms with Crippen LogP contribution in [0.25, 0.3) is 0 Å². The average Bonchev–Trinajstić information content (AvgIpc) is 3.00. The van der Waals surface area contributed by atoms with Gasteiger partial charge in [-0.05, 0) is 32.4 Å². The van der Waals surface area contributed by atoms with Crippen LogP contribution < -0.4 is 15.4 Å². The summed E-state index contributed by atoms with van der Waals surface area (Å²) in [6.07, 6.45) is 0.856. The summed E-state index contributed by atoms with van der Waals surface area (Å²) in [6, 6.07) is 6.20. The summed E-state index contributed by atoms with van der Waals surface area (Å²) in [6.45, 7) is 9.19. The standard InChI is InChI=1S/C20H32N6O2/c1-6-21-20(23-14-19-25-24-16(3)26(19)4)22-13-17-9-8-15(2)12-18(17)28-11-7-10-27-5/h8-9,12H,6-7,10-11,13-14H2,1-5H3,(H2,21,22,23). The Labute approximate surface area is 167 Å². The minimum atomic E-state index is 0.521. The third-order valence-corrected chi connectivity index (χ3v) is 4.32. The first-order valence-electron chi connectivity index (χ1n) is 9.63. The Morgan fingerprint density at radius 2 is 2.00 bits per heavy atom. The van der Waals surface area contributed by atoms with E-state index in [0.29, 0.717) is 26.3 Å². The maximum atomic E-state index is 5.95. The van der Waals surface area contributed by atoms with Crippen molar-refractivity contribution < 1.29 is 9.47 Å². The lowest BCUT2D eigenvalue weighted by molar-refractivity contribution is 0.172. The molecule has 0 aliphatic rings. The first-order valence-corrected chi connectivity index (χ1v) is 9.63. The topological polar surface area (TPSA) is 85.6 Å². The van der Waals surface area contributed by atoms with Crippen LogP contribution in [0.4, 0.5) is 0 Å². The van der Waals surface area contributed by atoms with Crippen LogP contribution in [0, 0.1) is 13.8 Å². The predicted octanol–water partition coefficient (Wildman–Crippen LogP) is 2.10. The van der Waals surface area contributed by atoms with Crippen molar-refractivity contribution in [2.24, 2.45) is 12.0 Å². The van der Waals surface area contributed by atoms with Crippen LogP contribution in [-0.2, 0) is 24.9 Å². The summed E-state index contributed by atoms with van der Waals surface area (Å²) in [7, 11) is 3.65. The Bertz CT molecular complexity index is 772. The number of methoxy groups -OCH3 is 1. The highest BCUT2D eigenvalue weighted by molar-refractivity contribution is 5.79. The number of nitrogens with one attached hydrogen (secondary N) is 2. The number of rotatable bonds is 10. The molecule has 0 amide bonds. The Hall–Kier alpha value is -2.61. The number of benzene rings is 1. The molecule has 28 heavy (non-hydrogen) atoms. The molecule has 0 saturated carbocycles. The number of hydrogen-bond donors (Lipinski definition) is 2. The van der Waals surface area contributed by atoms with Gasteiger partial charge in [-0.15, -0.1) is 10.2 Å². The zero-order valence-corrected chi connectivity index (χ0v) is 17.6. The molecule has 0 atom stereocenters. The Balaban J connectivity index is 2.03. The number of aryl methyl sites for hydroxylation is 2. The van der Waals surface area contributed by atoms with E-state index in [1.54, 1.807) is 7.11 Å². The van der Waals surface area contributed by atoms with E-state index in [2.05, 4.69) is 46.0 Å². The van der Waals surface area contributed by atoms with Gasteiger partial charge < -0.3 is 24.7 Å². The zero-order chi connectivity index (χ0) is 20.4. The van der Waals surface area contributed by atoms with Gasteiger partial charge >= 0.3 is 0 Å². The zero-order valence-electron chi connectivity index (χ0n) is 17.6. The molecule has 0 unspecified atom stereocenters. The number of guanidine groups is 1. The van der Waals surface area contributed by atoms with E-state index < -0.39 is 0 Å². The maximum Gasteiger partial charge on any atom is 0.191 e. The Kier molecular flexibility index (Phi) is 8.74. The molecule has 1 aromatic carbocycles. The van der Waals surface area contributed by atoms with E-state index >= 15 is 0 Å². The van der Waals surface area contributed by atoms with Gasteiger partial charge in [-0.1, -0.05) is 12.1 Å². The summed E-state index contributed by atoms with van der Waals surface area (Å²) in [5.41, 5.74) is 2.21. The van der Waals surface area contributed by atoms with Crippen LogP contribution in [-0.4, -0.2) is 47.6 Å². The van der Waals surface area contributed by atoms with Crippen LogP contribution in [0.15, 0.2) is 23.2 Å². The highest BCUT2D eigenvalue weighted by Crippen LogP contribution is 2.21. The molecule has 1 heterocycles. The van der Waals surface area contributed by atoms with Crippen LogP contribution >= 0.6 is 0 Å². The number of aromatic nitrogens is 3. The number of hydrogen-bond acceptors (Lipinski definition) is 5. The van der Waals surface area contributed by atoms with Gasteiger partial charge in [0.1, 0.15) is 11.6 Å². The molecule has 2 aromatic rings. The lowest BCUT2D eigenvalue weighted by atomic mass is 10.1. The molecule has 2 N–H and O–H groups in total. The maximum absolute atomic E-state index is 5.95. The molecule has 0 spiro atoms. The van der Waals surface area contributed by atoms with E-state index in [1.165, 1.54) is 0 Å². The van der Waals surface area contributed by atoms with Crippen molar-refractivity contribution in [3.8, 4) is 5.75 Å². The van der Waals surface area contributed by atoms with Gasteiger partial charge in [-0.25, -0.2) is 4.99 Å². The van der Waals surface area contributed by atoms with Gasteiger partial charge in [0.15, 0.2) is 11.8 Å². The molecule has 0 bridgehead atoms. The fourth-order valence-electron chi connectivity index (χ4n) is 2.59. The highest BCUT2D eigenvalue weighted by Gasteiger charge is 2.08. The molecule has 154 valence electrons. The second kappa shape index (κ2) is 11.3. The number of ether oxygens (including phenoxy) is 2. The molecule has 2 rings (SSSR count). The summed E-state index contributed by atoms with van der Waals surface area (Å²) in [5, 5.41) is 14.8. The van der Waals surface area contributed by atoms with E-state index in [1.807, 2.05) is 25.5 Å². The van der Waals surface area contributed by atoms with Crippen molar-refractivity contribution in [1.29, 1.82) is 0 Å². The van der Waals surface area contributed by atoms with Crippen molar-refractivity contribution in [3.63, 3.8) is 0 Å². The van der Waals surface area contributed by atoms with Crippen molar-refractivity contribution in [1.82, 2.24) is 25.4 Å². The average molecular weight is 389 g/mol. The first kappa shape index (κ1) is 21.7. The van der Waals surface area contributed by atoms with Crippen molar-refractivity contribution in [2.45, 2.75) is 40.3 Å². The Morgan fingerprint density at radius 1 is 1.18 bits per heavy atom. The third kappa shape index (κ3) is 6.53. The van der Waals surface area contributed by atoms with Gasteiger partial charge in [-0.3, -0.25) is 0 Å². The van der Waals surface area contributed by atoms with Gasteiger partial charge in [0, 0.05) is 39.3 Å². The molecule has 0 aliphatic carbocycles. The first-order chi connectivity index (χ1) is 13.5. The molecule has 8 heteroatoms. The number of aliphatic imine (C=N–C) groups is 1. The van der Waals surface area contributed by atoms with E-state index in [0.717, 1.165) is 47.5 Å². The molecule has 0 radical (unpaired) electrons. The fraction of sp³-hybridized carbons (Fsp3) is 0.550. The van der Waals surface area contributed by atoms with Gasteiger partial charge in [0.25, 0.3) is 0 Å². The van der Waals surface area contributed by atoms with Crippen LogP contribution in [0.5, 0.6) is 5.75 Å². The van der Waals surface area contributed by atoms with Gasteiger partial charge in [-0.2, -0.15) is 0 Å². The largest absolute Gasteiger partial charge is 0.493 e. The quantitative estimate of drug-likeness (QED) is 0.368. The van der Waals surface area contributed by atoms with Crippen LogP contribution in [0.1, 0.15) is 36.1 Å². The lowest BCUT2D eigenvalue weighted by Crippen LogP contribution is -2.37. The van der Waals surface area contributed by atoms with Crippen LogP contribution in [0.3, 0.4) is 0 Å². The summed E-state index contributed by atoms with van der Waals surface area (Å²) >= 11 is 0. The van der Waals surface area contributed by atoms with Gasteiger partial charge in [0.05, 0.1) is 19.7 Å². The SMILES string of the molecule is CCNC(=NCc1ccc(C)cc1OCCCOC)NCc1nnc(C)n1C. The second-order valence-corrected chi connectivity index (χ2v) is 6.58. The van der Waals surface area contributed by atoms with E-state index in [4.69, 9.17) is 14.5 Å². The minimum Gasteiger partial charge on any atom is -0.493 e. The van der Waals surface area contributed by atoms with Crippen molar-refractivity contribution in [2.75, 3.05) is 26.9 Å². The highest BCUT2D eigenvalue weighted by atomic mass is 16.5. The minimum absolute atomic E-state index is 0.521. The smallest absolute Gasteiger partial charge is 0.191 e. The summed E-state index contributed by atoms with van der Waals surface area (Å²) in [5.74, 6) is 3.35. The second-order valence-electron chi connectivity index (χ2n) is 6.58. The molecular weight excluding hydrogens is 356 g/mol. The number of nitrogens with zero attached hydrogens (tertiary/aromatic N) is 4. The van der Waals surface area contributed by atoms with Crippen molar-refractivity contribution in [3.05, 3.63) is 41.0 Å². The summed E-state index contributed by atoms with van der Waals surface area (Å²) in [4.78, 5) is 4.70. The Morgan fingerprint density at radius 3 is 2.68 bits per heavy atom. The third-order valence-electron chi connectivity index (χ3n) is 4.32. The van der Waals surface area contributed by atoms with Gasteiger partial charge in [0.2, 0.25) is 0 Å². The monoisotopic (exact) mass is 388 g/mol. The molecule has 0 aliphatic heterocycles. The normalized spacial score (nSPS) is 11.5. The molecule has 0 saturated heterocycles. The van der Waals surface area contributed by atoms with E-state index in [9.17, 15) is 0 Å². The van der Waals surface area contributed by atoms with Crippen LogP contribution in [0.2, 0.25) is 0 Å². The molecular formula is C20H32N6O2.